The Morgan fingerprint density at radius 3 is 2.82 bits per heavy atom. The Morgan fingerprint density at radius 2 is 2.06 bits per heavy atom. The molecule has 1 aliphatic rings. The van der Waals surface area contributed by atoms with E-state index in [2.05, 4.69) is 28.4 Å². The second-order valence-electron chi connectivity index (χ2n) is 4.49. The Kier molecular flexibility index (Phi) is 2.44. The van der Waals surface area contributed by atoms with E-state index in [1.165, 1.54) is 24.0 Å². The third kappa shape index (κ3) is 1.65. The highest BCUT2D eigenvalue weighted by molar-refractivity contribution is 5.58. The van der Waals surface area contributed by atoms with Crippen LogP contribution in [0.15, 0.2) is 18.2 Å². The van der Waals surface area contributed by atoms with Crippen LogP contribution in [0.25, 0.3) is 11.4 Å². The molecule has 0 atom stereocenters. The van der Waals surface area contributed by atoms with Crippen molar-refractivity contribution in [3.8, 4) is 11.4 Å². The summed E-state index contributed by atoms with van der Waals surface area (Å²) >= 11 is 0. The molecule has 0 aliphatic heterocycles. The lowest BCUT2D eigenvalue weighted by Crippen LogP contribution is -1.99. The van der Waals surface area contributed by atoms with Crippen LogP contribution in [-0.4, -0.2) is 19.9 Å². The molecule has 88 valence electrons. The van der Waals surface area contributed by atoms with E-state index in [-0.39, 0.29) is 6.61 Å². The maximum atomic E-state index is 9.11. The first-order valence-electron chi connectivity index (χ1n) is 5.91. The van der Waals surface area contributed by atoms with Crippen LogP contribution >= 0.6 is 0 Å². The van der Waals surface area contributed by atoms with Gasteiger partial charge in [-0.2, -0.15) is 0 Å². The van der Waals surface area contributed by atoms with Gasteiger partial charge in [0.05, 0.1) is 0 Å². The van der Waals surface area contributed by atoms with Crippen LogP contribution in [0.3, 0.4) is 0 Å². The molecule has 2 aromatic rings. The summed E-state index contributed by atoms with van der Waals surface area (Å²) in [6, 6.07) is 6.48. The molecule has 3 rings (SSSR count). The van der Waals surface area contributed by atoms with Crippen molar-refractivity contribution >= 4 is 0 Å². The van der Waals surface area contributed by atoms with E-state index in [1.807, 2.05) is 11.6 Å². The number of aliphatic hydroxyl groups is 1. The van der Waals surface area contributed by atoms with E-state index < -0.39 is 0 Å². The van der Waals surface area contributed by atoms with Crippen LogP contribution in [0.2, 0.25) is 0 Å². The predicted octanol–water partition coefficient (Wildman–Crippen LogP) is 1.46. The van der Waals surface area contributed by atoms with Gasteiger partial charge >= 0.3 is 0 Å². The van der Waals surface area contributed by atoms with Gasteiger partial charge in [0.1, 0.15) is 6.61 Å². The van der Waals surface area contributed by atoms with Gasteiger partial charge in [-0.05, 0) is 36.5 Å². The number of hydrogen-bond acceptors (Lipinski definition) is 3. The van der Waals surface area contributed by atoms with Crippen molar-refractivity contribution in [2.24, 2.45) is 7.05 Å². The Bertz CT molecular complexity index is 560. The predicted molar refractivity (Wildman–Crippen MR) is 64.4 cm³/mol. The first-order chi connectivity index (χ1) is 8.29. The smallest absolute Gasteiger partial charge is 0.163 e. The second-order valence-corrected chi connectivity index (χ2v) is 4.49. The molecule has 0 radical (unpaired) electrons. The van der Waals surface area contributed by atoms with Crippen LogP contribution in [0.1, 0.15) is 23.4 Å². The number of rotatable bonds is 2. The van der Waals surface area contributed by atoms with Gasteiger partial charge in [0, 0.05) is 12.6 Å². The third-order valence-electron chi connectivity index (χ3n) is 3.46. The fourth-order valence-electron chi connectivity index (χ4n) is 2.46. The largest absolute Gasteiger partial charge is 0.388 e. The van der Waals surface area contributed by atoms with Crippen molar-refractivity contribution in [3.05, 3.63) is 35.2 Å². The van der Waals surface area contributed by atoms with Crippen molar-refractivity contribution < 1.29 is 5.11 Å². The normalized spacial score (nSPS) is 14.0. The molecule has 1 aliphatic carbocycles. The first kappa shape index (κ1) is 10.5. The van der Waals surface area contributed by atoms with Crippen LogP contribution in [0.4, 0.5) is 0 Å². The van der Waals surface area contributed by atoms with Gasteiger partial charge in [-0.25, -0.2) is 0 Å². The summed E-state index contributed by atoms with van der Waals surface area (Å²) < 4.78 is 1.84. The Hall–Kier alpha value is -1.68. The fourth-order valence-corrected chi connectivity index (χ4v) is 2.46. The molecule has 4 heteroatoms. The molecule has 0 saturated heterocycles. The molecule has 4 nitrogen and oxygen atoms in total. The molecule has 1 aromatic carbocycles. The summed E-state index contributed by atoms with van der Waals surface area (Å²) in [7, 11) is 1.88. The number of fused-ring (bicyclic) bond motifs is 1. The van der Waals surface area contributed by atoms with E-state index in [9.17, 15) is 0 Å². The lowest BCUT2D eigenvalue weighted by atomic mass is 10.1. The number of benzene rings is 1. The van der Waals surface area contributed by atoms with Crippen molar-refractivity contribution in [1.29, 1.82) is 0 Å². The molecule has 1 heterocycles. The molecular weight excluding hydrogens is 214 g/mol. The minimum absolute atomic E-state index is 0.0750. The van der Waals surface area contributed by atoms with Gasteiger partial charge in [0.2, 0.25) is 0 Å². The van der Waals surface area contributed by atoms with Gasteiger partial charge in [-0.1, -0.05) is 12.1 Å². The molecule has 0 unspecified atom stereocenters. The van der Waals surface area contributed by atoms with Gasteiger partial charge in [-0.15, -0.1) is 10.2 Å². The highest BCUT2D eigenvalue weighted by Crippen LogP contribution is 2.27. The van der Waals surface area contributed by atoms with E-state index in [0.717, 1.165) is 17.8 Å². The number of hydrogen-bond donors (Lipinski definition) is 1. The first-order valence-corrected chi connectivity index (χ1v) is 5.91. The molecule has 0 saturated carbocycles. The molecule has 17 heavy (non-hydrogen) atoms. The lowest BCUT2D eigenvalue weighted by Gasteiger charge is -2.05. The minimum Gasteiger partial charge on any atom is -0.388 e. The molecule has 0 amide bonds. The molecular formula is C13H15N3O. The quantitative estimate of drug-likeness (QED) is 0.848. The average Bonchev–Trinajstić information content (AvgIpc) is 2.94. The SMILES string of the molecule is Cn1c(CO)nnc1-c1ccc2c(c1)CCC2. The average molecular weight is 229 g/mol. The number of aromatic nitrogens is 3. The van der Waals surface area contributed by atoms with Crippen LogP contribution in [-0.2, 0) is 26.5 Å². The summed E-state index contributed by atoms with van der Waals surface area (Å²) in [6.07, 6.45) is 3.60. The van der Waals surface area contributed by atoms with Gasteiger partial charge in [0.15, 0.2) is 11.6 Å². The van der Waals surface area contributed by atoms with Gasteiger partial charge < -0.3 is 9.67 Å². The highest BCUT2D eigenvalue weighted by atomic mass is 16.3. The molecule has 0 fully saturated rings. The lowest BCUT2D eigenvalue weighted by molar-refractivity contribution is 0.267. The second kappa shape index (κ2) is 3.96. The van der Waals surface area contributed by atoms with Crippen molar-refractivity contribution in [2.45, 2.75) is 25.9 Å². The molecule has 1 N–H and O–H groups in total. The zero-order valence-corrected chi connectivity index (χ0v) is 9.85. The van der Waals surface area contributed by atoms with Gasteiger partial charge in [0.25, 0.3) is 0 Å². The monoisotopic (exact) mass is 229 g/mol. The Balaban J connectivity index is 2.06. The third-order valence-corrected chi connectivity index (χ3v) is 3.46. The molecule has 0 spiro atoms. The maximum Gasteiger partial charge on any atom is 0.163 e. The van der Waals surface area contributed by atoms with E-state index in [0.29, 0.717) is 5.82 Å². The standard InChI is InChI=1S/C13H15N3O/c1-16-12(8-17)14-15-13(16)11-6-5-9-3-2-4-10(9)7-11/h5-7,17H,2-4,8H2,1H3. The minimum atomic E-state index is -0.0750. The van der Waals surface area contributed by atoms with Crippen molar-refractivity contribution in [2.75, 3.05) is 0 Å². The number of nitrogens with zero attached hydrogens (tertiary/aromatic N) is 3. The van der Waals surface area contributed by atoms with Crippen LogP contribution < -0.4 is 0 Å². The zero-order valence-electron chi connectivity index (χ0n) is 9.85. The zero-order chi connectivity index (χ0) is 11.8. The highest BCUT2D eigenvalue weighted by Gasteiger charge is 2.14. The van der Waals surface area contributed by atoms with E-state index in [4.69, 9.17) is 5.11 Å². The summed E-state index contributed by atoms with van der Waals surface area (Å²) in [5.41, 5.74) is 3.97. The Morgan fingerprint density at radius 1 is 1.24 bits per heavy atom. The fraction of sp³-hybridized carbons (Fsp3) is 0.385. The summed E-state index contributed by atoms with van der Waals surface area (Å²) in [6.45, 7) is -0.0750. The Labute approximate surface area is 99.9 Å². The topological polar surface area (TPSA) is 50.9 Å². The van der Waals surface area contributed by atoms with Gasteiger partial charge in [-0.3, -0.25) is 0 Å². The number of aliphatic hydroxyl groups excluding tert-OH is 1. The summed E-state index contributed by atoms with van der Waals surface area (Å²) in [5, 5.41) is 17.2. The van der Waals surface area contributed by atoms with Crippen molar-refractivity contribution in [3.63, 3.8) is 0 Å². The van der Waals surface area contributed by atoms with Crippen LogP contribution in [0.5, 0.6) is 0 Å². The number of aryl methyl sites for hydroxylation is 2. The maximum absolute atomic E-state index is 9.11. The molecule has 1 aromatic heterocycles. The molecule has 0 bridgehead atoms. The van der Waals surface area contributed by atoms with E-state index in [1.54, 1.807) is 0 Å². The summed E-state index contributed by atoms with van der Waals surface area (Å²) in [5.74, 6) is 1.42. The summed E-state index contributed by atoms with van der Waals surface area (Å²) in [4.78, 5) is 0. The van der Waals surface area contributed by atoms with Crippen LogP contribution in [0, 0.1) is 0 Å². The van der Waals surface area contributed by atoms with E-state index >= 15 is 0 Å². The van der Waals surface area contributed by atoms with Crippen molar-refractivity contribution in [1.82, 2.24) is 14.8 Å².